The lowest BCUT2D eigenvalue weighted by atomic mass is 9.88. The molecule has 220 valence electrons. The largest absolute Gasteiger partial charge is 0.465 e. The molecule has 0 aliphatic heterocycles. The van der Waals surface area contributed by atoms with Crippen LogP contribution in [0.4, 0.5) is 0 Å². The number of carbonyl (C=O) groups excluding carboxylic acids is 6. The zero-order valence-corrected chi connectivity index (χ0v) is 23.7. The Morgan fingerprint density at radius 1 is 0.463 bits per heavy atom. The molecule has 0 N–H and O–H groups in total. The fourth-order valence-corrected chi connectivity index (χ4v) is 4.30. The summed E-state index contributed by atoms with van der Waals surface area (Å²) in [4.78, 5) is 74.9. The molecule has 2 rings (SSSR count). The van der Waals surface area contributed by atoms with Crippen molar-refractivity contribution in [2.45, 2.75) is 32.1 Å². The maximum Gasteiger partial charge on any atom is 0.339 e. The molecule has 0 saturated carbocycles. The van der Waals surface area contributed by atoms with Gasteiger partial charge in [-0.25, -0.2) is 28.8 Å². The fourth-order valence-electron chi connectivity index (χ4n) is 4.30. The normalized spacial score (nSPS) is 10.3. The van der Waals surface area contributed by atoms with Crippen LogP contribution in [0, 0.1) is 0 Å². The second-order valence-electron chi connectivity index (χ2n) is 8.60. The number of esters is 6. The molecule has 0 saturated heterocycles. The zero-order chi connectivity index (χ0) is 30.7. The fraction of sp³-hybridized carbons (Fsp3) is 0.379. The minimum absolute atomic E-state index is 0.0935. The van der Waals surface area contributed by atoms with Crippen molar-refractivity contribution in [1.29, 1.82) is 0 Å². The van der Waals surface area contributed by atoms with Crippen molar-refractivity contribution < 1.29 is 57.2 Å². The molecule has 0 radical (unpaired) electrons. The van der Waals surface area contributed by atoms with E-state index >= 15 is 0 Å². The Labute approximate surface area is 236 Å². The van der Waals surface area contributed by atoms with Crippen molar-refractivity contribution >= 4 is 35.8 Å². The van der Waals surface area contributed by atoms with E-state index in [1.165, 1.54) is 26.4 Å². The maximum absolute atomic E-state index is 12.8. The lowest BCUT2D eigenvalue weighted by molar-refractivity contribution is 0.0520. The molecule has 0 atom stereocenters. The van der Waals surface area contributed by atoms with E-state index in [1.807, 2.05) is 0 Å². The molecule has 0 spiro atoms. The van der Waals surface area contributed by atoms with Gasteiger partial charge in [-0.2, -0.15) is 0 Å². The molecule has 0 unspecified atom stereocenters. The molecular formula is C29H32O12. The second kappa shape index (κ2) is 15.2. The summed E-state index contributed by atoms with van der Waals surface area (Å²) < 4.78 is 28.8. The number of aryl methyl sites for hydroxylation is 2. The zero-order valence-electron chi connectivity index (χ0n) is 23.7. The van der Waals surface area contributed by atoms with Crippen molar-refractivity contribution in [3.05, 3.63) is 68.8 Å². The average Bonchev–Trinajstić information content (AvgIpc) is 3.01. The SMILES string of the molecule is COC(=O)c1ccc(CCCCCc2cc(C(=O)OC)c(C(=O)OC)c(C(=O)OC)c2C(=O)OC)cc1C(=O)OC. The average molecular weight is 573 g/mol. The topological polar surface area (TPSA) is 158 Å². The Morgan fingerprint density at radius 2 is 0.927 bits per heavy atom. The van der Waals surface area contributed by atoms with Gasteiger partial charge in [0.2, 0.25) is 0 Å². The van der Waals surface area contributed by atoms with Gasteiger partial charge in [0.25, 0.3) is 0 Å². The van der Waals surface area contributed by atoms with E-state index in [0.717, 1.165) is 34.0 Å². The molecule has 0 heterocycles. The Bertz CT molecular complexity index is 1340. The van der Waals surface area contributed by atoms with Gasteiger partial charge in [-0.05, 0) is 55.0 Å². The Balaban J connectivity index is 2.37. The van der Waals surface area contributed by atoms with Gasteiger partial charge >= 0.3 is 35.8 Å². The van der Waals surface area contributed by atoms with E-state index < -0.39 is 46.9 Å². The first kappa shape index (κ1) is 32.5. The number of hydrogen-bond donors (Lipinski definition) is 0. The Morgan fingerprint density at radius 3 is 1.49 bits per heavy atom. The highest BCUT2D eigenvalue weighted by Gasteiger charge is 2.34. The molecule has 12 nitrogen and oxygen atoms in total. The maximum atomic E-state index is 12.8. The number of rotatable bonds is 12. The Hall–Kier alpha value is -4.74. The Kier molecular flexibility index (Phi) is 12.0. The number of carbonyl (C=O) groups is 6. The van der Waals surface area contributed by atoms with Crippen molar-refractivity contribution in [2.75, 3.05) is 42.7 Å². The smallest absolute Gasteiger partial charge is 0.339 e. The number of unbranched alkanes of at least 4 members (excludes halogenated alkanes) is 2. The molecule has 0 amide bonds. The van der Waals surface area contributed by atoms with E-state index in [4.69, 9.17) is 28.4 Å². The van der Waals surface area contributed by atoms with E-state index in [1.54, 1.807) is 12.1 Å². The molecule has 41 heavy (non-hydrogen) atoms. The highest BCUT2D eigenvalue weighted by atomic mass is 16.5. The molecule has 0 bridgehead atoms. The van der Waals surface area contributed by atoms with Crippen LogP contribution >= 0.6 is 0 Å². The minimum Gasteiger partial charge on any atom is -0.465 e. The first-order valence-corrected chi connectivity index (χ1v) is 12.4. The first-order valence-electron chi connectivity index (χ1n) is 12.4. The third kappa shape index (κ3) is 7.47. The van der Waals surface area contributed by atoms with Gasteiger partial charge in [0, 0.05) is 0 Å². The molecule has 2 aromatic rings. The van der Waals surface area contributed by atoms with Crippen molar-refractivity contribution in [1.82, 2.24) is 0 Å². The van der Waals surface area contributed by atoms with Crippen LogP contribution in [0.2, 0.25) is 0 Å². The van der Waals surface area contributed by atoms with Gasteiger partial charge in [0.1, 0.15) is 0 Å². The lowest BCUT2D eigenvalue weighted by Crippen LogP contribution is -2.24. The third-order valence-electron chi connectivity index (χ3n) is 6.29. The van der Waals surface area contributed by atoms with Crippen LogP contribution in [0.1, 0.15) is 92.5 Å². The van der Waals surface area contributed by atoms with Gasteiger partial charge in [-0.15, -0.1) is 0 Å². The van der Waals surface area contributed by atoms with Crippen LogP contribution in [0.25, 0.3) is 0 Å². The quantitative estimate of drug-likeness (QED) is 0.208. The van der Waals surface area contributed by atoms with Crippen LogP contribution in [0.3, 0.4) is 0 Å². The summed E-state index contributed by atoms with van der Waals surface area (Å²) in [5.41, 5.74) is -0.140. The summed E-state index contributed by atoms with van der Waals surface area (Å²) in [6, 6.07) is 6.10. The van der Waals surface area contributed by atoms with E-state index in [2.05, 4.69) is 0 Å². The predicted molar refractivity (Wildman–Crippen MR) is 142 cm³/mol. The van der Waals surface area contributed by atoms with Crippen molar-refractivity contribution in [3.8, 4) is 0 Å². The van der Waals surface area contributed by atoms with Gasteiger partial charge in [0.05, 0.1) is 76.0 Å². The lowest BCUT2D eigenvalue weighted by Gasteiger charge is -2.18. The summed E-state index contributed by atoms with van der Waals surface area (Å²) in [5.74, 6) is -5.20. The van der Waals surface area contributed by atoms with Gasteiger partial charge in [0.15, 0.2) is 0 Å². The van der Waals surface area contributed by atoms with Crippen LogP contribution < -0.4 is 0 Å². The summed E-state index contributed by atoms with van der Waals surface area (Å²) in [7, 11) is 6.79. The minimum atomic E-state index is -1.04. The van der Waals surface area contributed by atoms with E-state index in [9.17, 15) is 28.8 Å². The molecule has 2 aromatic carbocycles. The van der Waals surface area contributed by atoms with Crippen molar-refractivity contribution in [3.63, 3.8) is 0 Å². The van der Waals surface area contributed by atoms with Crippen LogP contribution in [0.15, 0.2) is 24.3 Å². The van der Waals surface area contributed by atoms with Crippen LogP contribution in [-0.4, -0.2) is 78.5 Å². The highest BCUT2D eigenvalue weighted by Crippen LogP contribution is 2.29. The molecule has 0 aromatic heterocycles. The number of ether oxygens (including phenoxy) is 6. The predicted octanol–water partition coefficient (Wildman–Crippen LogP) is 3.36. The molecule has 12 heteroatoms. The van der Waals surface area contributed by atoms with Crippen LogP contribution in [-0.2, 0) is 41.3 Å². The van der Waals surface area contributed by atoms with E-state index in [0.29, 0.717) is 25.7 Å². The third-order valence-corrected chi connectivity index (χ3v) is 6.29. The van der Waals surface area contributed by atoms with Crippen molar-refractivity contribution in [2.24, 2.45) is 0 Å². The molecule has 0 fully saturated rings. The molecule has 0 aliphatic rings. The first-order chi connectivity index (χ1) is 19.6. The molecule has 0 aliphatic carbocycles. The summed E-state index contributed by atoms with van der Waals surface area (Å²) in [5, 5.41) is 0. The number of hydrogen-bond acceptors (Lipinski definition) is 12. The van der Waals surface area contributed by atoms with Gasteiger partial charge in [-0.1, -0.05) is 12.5 Å². The number of methoxy groups -OCH3 is 6. The monoisotopic (exact) mass is 572 g/mol. The van der Waals surface area contributed by atoms with Gasteiger partial charge in [-0.3, -0.25) is 0 Å². The summed E-state index contributed by atoms with van der Waals surface area (Å²) in [6.07, 6.45) is 2.57. The van der Waals surface area contributed by atoms with Crippen LogP contribution in [0.5, 0.6) is 0 Å². The molecular weight excluding hydrogens is 540 g/mol. The van der Waals surface area contributed by atoms with Gasteiger partial charge < -0.3 is 28.4 Å². The number of benzene rings is 2. The van der Waals surface area contributed by atoms with E-state index in [-0.39, 0.29) is 34.2 Å². The summed E-state index contributed by atoms with van der Waals surface area (Å²) >= 11 is 0. The summed E-state index contributed by atoms with van der Waals surface area (Å²) in [6.45, 7) is 0. The standard InChI is InChI=1S/C29H32O12/c1-36-24(30)18-13-12-16(14-19(18)25(31)37-2)10-8-7-9-11-17-15-20(26(32)38-3)22(28(34)40-5)23(29(35)41-6)21(17)27(33)39-4/h12-15H,7-11H2,1-6H3. The second-order valence-corrected chi connectivity index (χ2v) is 8.60. The highest BCUT2D eigenvalue weighted by molar-refractivity contribution is 6.15.